The van der Waals surface area contributed by atoms with Gasteiger partial charge in [0.15, 0.2) is 11.5 Å². The van der Waals surface area contributed by atoms with Crippen molar-refractivity contribution in [2.75, 3.05) is 13.7 Å². The Morgan fingerprint density at radius 3 is 2.53 bits per heavy atom. The zero-order chi connectivity index (χ0) is 21.5. The monoisotopic (exact) mass is 416 g/mol. The summed E-state index contributed by atoms with van der Waals surface area (Å²) >= 11 is 0. The van der Waals surface area contributed by atoms with Gasteiger partial charge >= 0.3 is 12.0 Å². The third-order valence-electron chi connectivity index (χ3n) is 5.55. The van der Waals surface area contributed by atoms with Gasteiger partial charge in [0.2, 0.25) is 0 Å². The predicted molar refractivity (Wildman–Crippen MR) is 113 cm³/mol. The van der Waals surface area contributed by atoms with Crippen LogP contribution in [0.15, 0.2) is 29.5 Å². The molecular weight excluding hydrogens is 384 g/mol. The normalized spacial score (nSPS) is 20.1. The Morgan fingerprint density at radius 2 is 1.87 bits per heavy atom. The van der Waals surface area contributed by atoms with E-state index < -0.39 is 6.04 Å². The van der Waals surface area contributed by atoms with Crippen LogP contribution in [0, 0.1) is 0 Å². The quantitative estimate of drug-likeness (QED) is 0.509. The van der Waals surface area contributed by atoms with E-state index in [1.807, 2.05) is 19.1 Å². The lowest BCUT2D eigenvalue weighted by Gasteiger charge is -2.29. The second-order valence-corrected chi connectivity index (χ2v) is 7.85. The molecule has 1 aromatic rings. The molecule has 2 N–H and O–H groups in total. The summed E-state index contributed by atoms with van der Waals surface area (Å²) in [5, 5.41) is 5.55. The van der Waals surface area contributed by atoms with E-state index >= 15 is 0 Å². The molecule has 0 radical (unpaired) electrons. The van der Waals surface area contributed by atoms with Crippen molar-refractivity contribution in [2.45, 2.75) is 70.9 Å². The van der Waals surface area contributed by atoms with Crippen LogP contribution in [0.3, 0.4) is 0 Å². The smallest absolute Gasteiger partial charge is 0.338 e. The summed E-state index contributed by atoms with van der Waals surface area (Å²) in [5.41, 5.74) is 1.66. The van der Waals surface area contributed by atoms with Crippen molar-refractivity contribution in [3.05, 3.63) is 35.0 Å². The Morgan fingerprint density at radius 1 is 1.13 bits per heavy atom. The molecule has 0 saturated heterocycles. The number of methoxy groups -OCH3 is 1. The lowest BCUT2D eigenvalue weighted by molar-refractivity contribution is -0.145. The SMILES string of the molecule is CCCOc1ccc([C@@H]2NC(=O)NC(C)=C2C(=O)OC2CCCCCC2)cc1OC. The molecule has 3 rings (SSSR count). The van der Waals surface area contributed by atoms with Gasteiger partial charge < -0.3 is 24.8 Å². The van der Waals surface area contributed by atoms with Crippen molar-refractivity contribution < 1.29 is 23.8 Å². The van der Waals surface area contributed by atoms with Crippen molar-refractivity contribution in [3.8, 4) is 11.5 Å². The molecule has 1 fully saturated rings. The highest BCUT2D eigenvalue weighted by Crippen LogP contribution is 2.35. The molecule has 0 aromatic heterocycles. The maximum absolute atomic E-state index is 13.1. The van der Waals surface area contributed by atoms with E-state index in [0.717, 1.165) is 37.7 Å². The highest BCUT2D eigenvalue weighted by molar-refractivity contribution is 5.95. The van der Waals surface area contributed by atoms with Gasteiger partial charge in [-0.3, -0.25) is 0 Å². The van der Waals surface area contributed by atoms with Gasteiger partial charge in [-0.25, -0.2) is 9.59 Å². The van der Waals surface area contributed by atoms with Crippen LogP contribution < -0.4 is 20.1 Å². The highest BCUT2D eigenvalue weighted by Gasteiger charge is 2.34. The van der Waals surface area contributed by atoms with Crippen molar-refractivity contribution in [1.29, 1.82) is 0 Å². The van der Waals surface area contributed by atoms with Crippen LogP contribution in [-0.2, 0) is 9.53 Å². The number of ether oxygens (including phenoxy) is 3. The van der Waals surface area contributed by atoms with Crippen LogP contribution in [0.5, 0.6) is 11.5 Å². The number of carbonyl (C=O) groups is 2. The number of urea groups is 1. The topological polar surface area (TPSA) is 85.9 Å². The fourth-order valence-electron chi connectivity index (χ4n) is 3.98. The maximum Gasteiger partial charge on any atom is 0.338 e. The summed E-state index contributed by atoms with van der Waals surface area (Å²) < 4.78 is 17.1. The number of hydrogen-bond donors (Lipinski definition) is 2. The number of amides is 2. The second-order valence-electron chi connectivity index (χ2n) is 7.85. The third-order valence-corrected chi connectivity index (χ3v) is 5.55. The fraction of sp³-hybridized carbons (Fsp3) is 0.565. The van der Waals surface area contributed by atoms with E-state index in [0.29, 0.717) is 29.4 Å². The lowest BCUT2D eigenvalue weighted by Crippen LogP contribution is -2.45. The molecule has 30 heavy (non-hydrogen) atoms. The largest absolute Gasteiger partial charge is 0.493 e. The van der Waals surface area contributed by atoms with E-state index in [9.17, 15) is 9.59 Å². The molecule has 164 valence electrons. The van der Waals surface area contributed by atoms with Gasteiger partial charge in [-0.05, 0) is 56.7 Å². The maximum atomic E-state index is 13.1. The fourth-order valence-corrected chi connectivity index (χ4v) is 3.98. The van der Waals surface area contributed by atoms with E-state index in [1.54, 1.807) is 20.1 Å². The van der Waals surface area contributed by atoms with Crippen LogP contribution in [0.25, 0.3) is 0 Å². The highest BCUT2D eigenvalue weighted by atomic mass is 16.5. The number of hydrogen-bond acceptors (Lipinski definition) is 5. The number of rotatable bonds is 7. The molecule has 1 aliphatic carbocycles. The zero-order valence-corrected chi connectivity index (χ0v) is 18.1. The predicted octanol–water partition coefficient (Wildman–Crippen LogP) is 4.38. The summed E-state index contributed by atoms with van der Waals surface area (Å²) in [6, 6.07) is 4.48. The molecule has 0 bridgehead atoms. The molecule has 0 unspecified atom stereocenters. The van der Waals surface area contributed by atoms with Gasteiger partial charge in [0.25, 0.3) is 0 Å². The van der Waals surface area contributed by atoms with E-state index in [4.69, 9.17) is 14.2 Å². The standard InChI is InChI=1S/C23H32N2O5/c1-4-13-29-18-12-11-16(14-19(18)28-3)21-20(15(2)24-23(27)25-21)22(26)30-17-9-7-5-6-8-10-17/h11-12,14,17,21H,4-10,13H2,1-3H3,(H2,24,25,27)/t21-/m0/s1. The third kappa shape index (κ3) is 5.26. The average Bonchev–Trinajstić information content (AvgIpc) is 3.00. The molecule has 2 amide bonds. The molecular formula is C23H32N2O5. The molecule has 1 aliphatic heterocycles. The Hall–Kier alpha value is -2.70. The molecule has 1 saturated carbocycles. The number of nitrogens with one attached hydrogen (secondary N) is 2. The van der Waals surface area contributed by atoms with Crippen LogP contribution in [0.1, 0.15) is 70.4 Å². The number of benzene rings is 1. The van der Waals surface area contributed by atoms with Gasteiger partial charge in [0.1, 0.15) is 6.10 Å². The Balaban J connectivity index is 1.86. The van der Waals surface area contributed by atoms with Crippen molar-refractivity contribution in [3.63, 3.8) is 0 Å². The van der Waals surface area contributed by atoms with Crippen LogP contribution in [-0.4, -0.2) is 31.8 Å². The van der Waals surface area contributed by atoms with Gasteiger partial charge in [-0.15, -0.1) is 0 Å². The van der Waals surface area contributed by atoms with Gasteiger partial charge in [-0.2, -0.15) is 0 Å². The first kappa shape index (κ1) is 22.0. The Bertz CT molecular complexity index is 797. The van der Waals surface area contributed by atoms with Crippen molar-refractivity contribution in [1.82, 2.24) is 10.6 Å². The lowest BCUT2D eigenvalue weighted by atomic mass is 9.95. The van der Waals surface area contributed by atoms with Crippen LogP contribution in [0.4, 0.5) is 4.79 Å². The van der Waals surface area contributed by atoms with E-state index in [1.165, 1.54) is 12.8 Å². The van der Waals surface area contributed by atoms with Crippen molar-refractivity contribution >= 4 is 12.0 Å². The second kappa shape index (κ2) is 10.4. The molecule has 0 spiro atoms. The Kier molecular flexibility index (Phi) is 7.60. The molecule has 7 heteroatoms. The molecule has 1 atom stereocenters. The first-order valence-electron chi connectivity index (χ1n) is 10.8. The average molecular weight is 417 g/mol. The summed E-state index contributed by atoms with van der Waals surface area (Å²) in [6.45, 7) is 4.34. The minimum atomic E-state index is -0.619. The van der Waals surface area contributed by atoms with Crippen LogP contribution >= 0.6 is 0 Å². The molecule has 1 aromatic carbocycles. The van der Waals surface area contributed by atoms with Crippen LogP contribution in [0.2, 0.25) is 0 Å². The number of esters is 1. The van der Waals surface area contributed by atoms with Crippen molar-refractivity contribution in [2.24, 2.45) is 0 Å². The van der Waals surface area contributed by atoms with Gasteiger partial charge in [0, 0.05) is 5.70 Å². The van der Waals surface area contributed by atoms with E-state index in [2.05, 4.69) is 10.6 Å². The van der Waals surface area contributed by atoms with Gasteiger partial charge in [0.05, 0.1) is 25.3 Å². The summed E-state index contributed by atoms with van der Waals surface area (Å²) in [7, 11) is 1.57. The number of allylic oxidation sites excluding steroid dienone is 1. The summed E-state index contributed by atoms with van der Waals surface area (Å²) in [4.78, 5) is 25.3. The summed E-state index contributed by atoms with van der Waals surface area (Å²) in [5.74, 6) is 0.802. The zero-order valence-electron chi connectivity index (χ0n) is 18.1. The minimum absolute atomic E-state index is 0.0714. The van der Waals surface area contributed by atoms with E-state index in [-0.39, 0.29) is 18.1 Å². The molecule has 2 aliphatic rings. The molecule has 1 heterocycles. The first-order valence-corrected chi connectivity index (χ1v) is 10.8. The Labute approximate surface area is 178 Å². The summed E-state index contributed by atoms with van der Waals surface area (Å²) in [6.07, 6.45) is 7.10. The molecule has 7 nitrogen and oxygen atoms in total. The minimum Gasteiger partial charge on any atom is -0.493 e. The number of carbonyl (C=O) groups excluding carboxylic acids is 2. The first-order chi connectivity index (χ1) is 14.5. The van der Waals surface area contributed by atoms with Gasteiger partial charge in [-0.1, -0.05) is 25.8 Å².